The third-order valence-corrected chi connectivity index (χ3v) is 4.64. The van der Waals surface area contributed by atoms with Crippen LogP contribution < -0.4 is 10.9 Å². The molecule has 0 radical (unpaired) electrons. The van der Waals surface area contributed by atoms with Gasteiger partial charge in [0.25, 0.3) is 0 Å². The maximum atomic E-state index is 12.3. The average molecular weight is 403 g/mol. The molecular weight excluding hydrogens is 389 g/mol. The number of benzene rings is 1. The Kier molecular flexibility index (Phi) is 5.42. The quantitative estimate of drug-likeness (QED) is 0.747. The van der Waals surface area contributed by atoms with E-state index in [1.54, 1.807) is 23.3 Å². The van der Waals surface area contributed by atoms with Crippen molar-refractivity contribution in [3.05, 3.63) is 51.4 Å². The number of hydrazine groups is 1. The lowest BCUT2D eigenvalue weighted by Crippen LogP contribution is -2.36. The van der Waals surface area contributed by atoms with Gasteiger partial charge in [0.1, 0.15) is 5.76 Å². The molecule has 2 aromatic rings. The van der Waals surface area contributed by atoms with Crippen molar-refractivity contribution in [2.24, 2.45) is 5.92 Å². The number of rotatable bonds is 5. The average Bonchev–Trinajstić information content (AvgIpc) is 3.17. The van der Waals surface area contributed by atoms with Crippen molar-refractivity contribution in [2.45, 2.75) is 13.0 Å². The van der Waals surface area contributed by atoms with Crippen LogP contribution in [0, 0.1) is 5.92 Å². The molecule has 132 valence electrons. The number of furan rings is 1. The fourth-order valence-electron chi connectivity index (χ4n) is 2.58. The summed E-state index contributed by atoms with van der Waals surface area (Å²) < 4.78 is 5.23. The molecular formula is C16H14Cl3N3O3. The van der Waals surface area contributed by atoms with Crippen LogP contribution in [-0.4, -0.2) is 23.3 Å². The second kappa shape index (κ2) is 7.56. The van der Waals surface area contributed by atoms with E-state index in [1.807, 2.05) is 0 Å². The predicted molar refractivity (Wildman–Crippen MR) is 95.5 cm³/mol. The molecule has 2 amide bonds. The number of likely N-dealkylation sites (tertiary alicyclic amines) is 1. The van der Waals surface area contributed by atoms with E-state index in [0.29, 0.717) is 29.6 Å². The highest BCUT2D eigenvalue weighted by atomic mass is 35.5. The molecule has 25 heavy (non-hydrogen) atoms. The van der Waals surface area contributed by atoms with Crippen LogP contribution in [0.5, 0.6) is 0 Å². The van der Waals surface area contributed by atoms with Gasteiger partial charge in [-0.25, -0.2) is 0 Å². The molecule has 0 spiro atoms. The number of hydrogen-bond donors (Lipinski definition) is 2. The molecule has 9 heteroatoms. The molecule has 1 aliphatic heterocycles. The number of carbonyl (C=O) groups is 2. The lowest BCUT2D eigenvalue weighted by molar-refractivity contribution is -0.129. The third kappa shape index (κ3) is 4.21. The summed E-state index contributed by atoms with van der Waals surface area (Å²) in [6, 6.07) is 6.55. The van der Waals surface area contributed by atoms with Crippen molar-refractivity contribution >= 4 is 52.3 Å². The number of anilines is 1. The molecule has 1 aliphatic rings. The number of carbonyl (C=O) groups excluding carboxylic acids is 2. The Morgan fingerprint density at radius 1 is 1.28 bits per heavy atom. The van der Waals surface area contributed by atoms with Gasteiger partial charge in [-0.2, -0.15) is 0 Å². The van der Waals surface area contributed by atoms with Crippen molar-refractivity contribution in [3.63, 3.8) is 0 Å². The summed E-state index contributed by atoms with van der Waals surface area (Å²) in [4.78, 5) is 26.0. The minimum Gasteiger partial charge on any atom is -0.467 e. The lowest BCUT2D eigenvalue weighted by atomic mass is 10.1. The van der Waals surface area contributed by atoms with Gasteiger partial charge in [-0.05, 0) is 24.3 Å². The molecule has 1 saturated heterocycles. The highest BCUT2D eigenvalue weighted by molar-refractivity contribution is 6.41. The molecule has 3 rings (SSSR count). The van der Waals surface area contributed by atoms with E-state index in [2.05, 4.69) is 10.9 Å². The van der Waals surface area contributed by atoms with E-state index in [1.165, 1.54) is 12.1 Å². The van der Waals surface area contributed by atoms with Crippen LogP contribution >= 0.6 is 34.8 Å². The van der Waals surface area contributed by atoms with Crippen LogP contribution in [-0.2, 0) is 16.1 Å². The summed E-state index contributed by atoms with van der Waals surface area (Å²) in [5, 5.41) is 0.946. The monoisotopic (exact) mass is 401 g/mol. The highest BCUT2D eigenvalue weighted by Gasteiger charge is 2.34. The van der Waals surface area contributed by atoms with Gasteiger partial charge < -0.3 is 9.32 Å². The van der Waals surface area contributed by atoms with Crippen molar-refractivity contribution in [3.8, 4) is 0 Å². The van der Waals surface area contributed by atoms with E-state index < -0.39 is 5.92 Å². The number of nitrogens with zero attached hydrogens (tertiary/aromatic N) is 1. The molecule has 1 atom stereocenters. The zero-order chi connectivity index (χ0) is 18.0. The van der Waals surface area contributed by atoms with E-state index in [9.17, 15) is 9.59 Å². The Morgan fingerprint density at radius 2 is 2.00 bits per heavy atom. The molecule has 0 bridgehead atoms. The maximum absolute atomic E-state index is 12.3. The zero-order valence-corrected chi connectivity index (χ0v) is 15.2. The van der Waals surface area contributed by atoms with Crippen LogP contribution in [0.3, 0.4) is 0 Å². The third-order valence-electron chi connectivity index (χ3n) is 3.83. The summed E-state index contributed by atoms with van der Waals surface area (Å²) in [5.74, 6) is -0.219. The lowest BCUT2D eigenvalue weighted by Gasteiger charge is -2.16. The number of nitrogens with one attached hydrogen (secondary N) is 2. The molecule has 0 saturated carbocycles. The van der Waals surface area contributed by atoms with Crippen molar-refractivity contribution in [2.75, 3.05) is 12.0 Å². The van der Waals surface area contributed by atoms with Crippen molar-refractivity contribution in [1.82, 2.24) is 10.3 Å². The summed E-state index contributed by atoms with van der Waals surface area (Å²) in [6.07, 6.45) is 1.68. The number of hydrogen-bond acceptors (Lipinski definition) is 4. The van der Waals surface area contributed by atoms with Crippen LogP contribution in [0.4, 0.5) is 5.69 Å². The zero-order valence-electron chi connectivity index (χ0n) is 12.9. The minimum atomic E-state index is -0.472. The normalized spacial score (nSPS) is 17.0. The Labute approximate surface area is 159 Å². The fourth-order valence-corrected chi connectivity index (χ4v) is 3.49. The first-order valence-electron chi connectivity index (χ1n) is 7.44. The van der Waals surface area contributed by atoms with E-state index in [-0.39, 0.29) is 28.3 Å². The molecule has 6 nitrogen and oxygen atoms in total. The summed E-state index contributed by atoms with van der Waals surface area (Å²) in [6.45, 7) is 0.660. The van der Waals surface area contributed by atoms with Gasteiger partial charge >= 0.3 is 0 Å². The Hall–Kier alpha value is -1.89. The van der Waals surface area contributed by atoms with Crippen LogP contribution in [0.1, 0.15) is 12.2 Å². The van der Waals surface area contributed by atoms with Gasteiger partial charge in [0.15, 0.2) is 0 Å². The Balaban J connectivity index is 1.58. The predicted octanol–water partition coefficient (Wildman–Crippen LogP) is 3.73. The second-order valence-electron chi connectivity index (χ2n) is 5.61. The minimum absolute atomic E-state index is 0.0980. The van der Waals surface area contributed by atoms with Gasteiger partial charge in [0.2, 0.25) is 11.8 Å². The van der Waals surface area contributed by atoms with Crippen LogP contribution in [0.25, 0.3) is 0 Å². The molecule has 1 aromatic carbocycles. The van der Waals surface area contributed by atoms with Gasteiger partial charge in [0.05, 0.1) is 34.5 Å². The first kappa shape index (κ1) is 17.9. The first-order valence-corrected chi connectivity index (χ1v) is 8.58. The largest absolute Gasteiger partial charge is 0.467 e. The van der Waals surface area contributed by atoms with Gasteiger partial charge in [-0.1, -0.05) is 34.8 Å². The van der Waals surface area contributed by atoms with Gasteiger partial charge in [0, 0.05) is 18.0 Å². The second-order valence-corrected chi connectivity index (χ2v) is 6.86. The SMILES string of the molecule is O=C(NNc1c(Cl)cc(Cl)cc1Cl)C1CC(=O)N(Cc2ccco2)C1. The molecule has 0 aliphatic carbocycles. The topological polar surface area (TPSA) is 74.6 Å². The van der Waals surface area contributed by atoms with Crippen molar-refractivity contribution < 1.29 is 14.0 Å². The molecule has 2 heterocycles. The summed E-state index contributed by atoms with van der Waals surface area (Å²) in [5.41, 5.74) is 5.57. The van der Waals surface area contributed by atoms with E-state index in [0.717, 1.165) is 0 Å². The fraction of sp³-hybridized carbons (Fsp3) is 0.250. The molecule has 1 fully saturated rings. The van der Waals surface area contributed by atoms with Gasteiger partial charge in [-0.3, -0.25) is 20.4 Å². The smallest absolute Gasteiger partial charge is 0.243 e. The van der Waals surface area contributed by atoms with Crippen LogP contribution in [0.2, 0.25) is 15.1 Å². The first-order chi connectivity index (χ1) is 11.9. The summed E-state index contributed by atoms with van der Waals surface area (Å²) in [7, 11) is 0. The van der Waals surface area contributed by atoms with Crippen LogP contribution in [0.15, 0.2) is 34.9 Å². The van der Waals surface area contributed by atoms with E-state index >= 15 is 0 Å². The number of halogens is 3. The Morgan fingerprint density at radius 3 is 2.64 bits per heavy atom. The number of amides is 2. The summed E-state index contributed by atoms with van der Waals surface area (Å²) >= 11 is 17.9. The van der Waals surface area contributed by atoms with E-state index in [4.69, 9.17) is 39.2 Å². The van der Waals surface area contributed by atoms with Crippen molar-refractivity contribution in [1.29, 1.82) is 0 Å². The maximum Gasteiger partial charge on any atom is 0.243 e. The highest BCUT2D eigenvalue weighted by Crippen LogP contribution is 2.33. The molecule has 2 N–H and O–H groups in total. The standard InChI is InChI=1S/C16H14Cl3N3O3/c17-10-5-12(18)15(13(19)6-10)20-21-16(24)9-4-14(23)22(7-9)8-11-2-1-3-25-11/h1-3,5-6,9,20H,4,7-8H2,(H,21,24). The molecule has 1 unspecified atom stereocenters. The molecule has 1 aromatic heterocycles. The van der Waals surface area contributed by atoms with Gasteiger partial charge in [-0.15, -0.1) is 0 Å². The Bertz CT molecular complexity index is 772.